The van der Waals surface area contributed by atoms with Crippen molar-refractivity contribution in [2.75, 3.05) is 6.61 Å². The van der Waals surface area contributed by atoms with Crippen molar-refractivity contribution in [3.8, 4) is 0 Å². The molecule has 8 nitrogen and oxygen atoms in total. The third-order valence-electron chi connectivity index (χ3n) is 5.87. The van der Waals surface area contributed by atoms with E-state index in [1.165, 1.54) is 11.0 Å². The topological polar surface area (TPSA) is 93.8 Å². The van der Waals surface area contributed by atoms with E-state index in [1.807, 2.05) is 18.2 Å². The van der Waals surface area contributed by atoms with Gasteiger partial charge in [-0.15, -0.1) is 0 Å². The fourth-order valence-electron chi connectivity index (χ4n) is 4.41. The Hall–Kier alpha value is -3.13. The normalized spacial score (nSPS) is 21.9. The molecule has 0 bridgehead atoms. The molecule has 1 N–H and O–H groups in total. The molecule has 29 heavy (non-hydrogen) atoms. The van der Waals surface area contributed by atoms with Crippen LogP contribution in [0.3, 0.4) is 0 Å². The number of β-lactam (4-membered cyclic amide) rings is 1. The van der Waals surface area contributed by atoms with E-state index in [0.717, 1.165) is 16.6 Å². The van der Waals surface area contributed by atoms with Gasteiger partial charge in [0, 0.05) is 14.1 Å². The lowest BCUT2D eigenvalue weighted by atomic mass is 9.82. The molecular formula is C21H23N3O5. The molecule has 4 rings (SSSR count). The van der Waals surface area contributed by atoms with Gasteiger partial charge in [0.1, 0.15) is 12.3 Å². The molecule has 2 aliphatic rings. The third-order valence-corrected chi connectivity index (χ3v) is 5.87. The Bertz CT molecular complexity index is 1140. The van der Waals surface area contributed by atoms with Crippen molar-refractivity contribution in [2.24, 2.45) is 20.0 Å². The zero-order valence-corrected chi connectivity index (χ0v) is 16.6. The van der Waals surface area contributed by atoms with E-state index in [1.54, 1.807) is 30.2 Å². The van der Waals surface area contributed by atoms with E-state index in [9.17, 15) is 19.5 Å². The number of esters is 1. The Morgan fingerprint density at radius 2 is 2.00 bits per heavy atom. The highest BCUT2D eigenvalue weighted by Crippen LogP contribution is 2.47. The summed E-state index contributed by atoms with van der Waals surface area (Å²) in [5, 5.41) is 9.99. The predicted octanol–water partition coefficient (Wildman–Crippen LogP) is 0.929. The number of rotatable bonds is 5. The van der Waals surface area contributed by atoms with Gasteiger partial charge >= 0.3 is 11.7 Å². The van der Waals surface area contributed by atoms with Gasteiger partial charge in [0.25, 0.3) is 0 Å². The number of nitrogens with zero attached hydrogens (tertiary/aromatic N) is 3. The number of aromatic nitrogens is 2. The maximum Gasteiger partial charge on any atom is 0.355 e. The van der Waals surface area contributed by atoms with Crippen LogP contribution in [0.1, 0.15) is 18.9 Å². The van der Waals surface area contributed by atoms with Gasteiger partial charge in [-0.2, -0.15) is 0 Å². The first-order valence-corrected chi connectivity index (χ1v) is 9.46. The van der Waals surface area contributed by atoms with Crippen LogP contribution in [0.5, 0.6) is 0 Å². The van der Waals surface area contributed by atoms with Gasteiger partial charge in [0.2, 0.25) is 5.91 Å². The average Bonchev–Trinajstić information content (AvgIpc) is 3.14. The second-order valence-electron chi connectivity index (χ2n) is 7.56. The molecule has 1 fully saturated rings. The summed E-state index contributed by atoms with van der Waals surface area (Å²) in [6.07, 6.45) is 1.10. The van der Waals surface area contributed by atoms with E-state index in [-0.39, 0.29) is 29.9 Å². The molecule has 1 amide bonds. The largest absolute Gasteiger partial charge is 0.457 e. The molecule has 0 spiro atoms. The minimum Gasteiger partial charge on any atom is -0.457 e. The maximum absolute atomic E-state index is 12.7. The standard InChI is InChI=1S/C21H23N3O5/c1-5-8-29-20(27)18-13(10-16-17(11(2)25)19(26)24(16)18)12-6-7-14-15(9-12)23(4)21(28)22(14)3/h5-7,9,11,16-17,25H,1,8,10H2,2-4H3/t11-,16-,17-/m1/s1. The Kier molecular flexibility index (Phi) is 4.46. The van der Waals surface area contributed by atoms with Gasteiger partial charge < -0.3 is 14.7 Å². The maximum atomic E-state index is 12.7. The zero-order chi connectivity index (χ0) is 21.0. The van der Waals surface area contributed by atoms with E-state index in [4.69, 9.17) is 4.74 Å². The number of imidazole rings is 1. The van der Waals surface area contributed by atoms with Gasteiger partial charge in [-0.1, -0.05) is 18.7 Å². The minimum atomic E-state index is -0.800. The molecular weight excluding hydrogens is 374 g/mol. The molecule has 1 aromatic carbocycles. The molecule has 0 aliphatic carbocycles. The summed E-state index contributed by atoms with van der Waals surface area (Å²) in [4.78, 5) is 39.0. The van der Waals surface area contributed by atoms with E-state index < -0.39 is 18.0 Å². The molecule has 2 aliphatic heterocycles. The lowest BCUT2D eigenvalue weighted by Crippen LogP contribution is -2.61. The fraction of sp³-hybridized carbons (Fsp3) is 0.381. The highest BCUT2D eigenvalue weighted by Gasteiger charge is 2.57. The molecule has 3 atom stereocenters. The number of aliphatic hydroxyl groups excluding tert-OH is 1. The SMILES string of the molecule is C=CCOC(=O)C1=C(c2ccc3c(c2)n(C)c(=O)n3C)C[C@@H]2[C@@H]([C@@H](C)O)C(=O)N12. The van der Waals surface area contributed by atoms with Crippen molar-refractivity contribution in [1.82, 2.24) is 14.0 Å². The van der Waals surface area contributed by atoms with Crippen LogP contribution in [-0.4, -0.2) is 49.8 Å². The molecule has 1 aromatic heterocycles. The van der Waals surface area contributed by atoms with E-state index in [2.05, 4.69) is 6.58 Å². The monoisotopic (exact) mass is 397 g/mol. The second kappa shape index (κ2) is 6.73. The number of benzene rings is 1. The van der Waals surface area contributed by atoms with Crippen molar-refractivity contribution in [1.29, 1.82) is 0 Å². The van der Waals surface area contributed by atoms with Gasteiger partial charge in [-0.05, 0) is 36.6 Å². The number of hydrogen-bond donors (Lipinski definition) is 1. The first kappa shape index (κ1) is 19.2. The quantitative estimate of drug-likeness (QED) is 0.460. The van der Waals surface area contributed by atoms with Crippen LogP contribution < -0.4 is 5.69 Å². The van der Waals surface area contributed by atoms with Gasteiger partial charge in [-0.3, -0.25) is 13.9 Å². The summed E-state index contributed by atoms with van der Waals surface area (Å²) in [7, 11) is 3.39. The van der Waals surface area contributed by atoms with Crippen LogP contribution in [-0.2, 0) is 28.4 Å². The van der Waals surface area contributed by atoms with Gasteiger partial charge in [-0.25, -0.2) is 9.59 Å². The van der Waals surface area contributed by atoms with Crippen LogP contribution in [0.25, 0.3) is 16.6 Å². The number of amides is 1. The highest BCUT2D eigenvalue weighted by molar-refractivity contribution is 6.07. The minimum absolute atomic E-state index is 0.0361. The average molecular weight is 397 g/mol. The van der Waals surface area contributed by atoms with Crippen LogP contribution in [0, 0.1) is 5.92 Å². The molecule has 152 valence electrons. The number of aliphatic hydroxyl groups is 1. The lowest BCUT2D eigenvalue weighted by Gasteiger charge is -2.44. The summed E-state index contributed by atoms with van der Waals surface area (Å²) < 4.78 is 8.33. The van der Waals surface area contributed by atoms with Crippen LogP contribution >= 0.6 is 0 Å². The van der Waals surface area contributed by atoms with Crippen LogP contribution in [0.2, 0.25) is 0 Å². The first-order chi connectivity index (χ1) is 13.8. The number of carbonyl (C=O) groups is 2. The van der Waals surface area contributed by atoms with Gasteiger partial charge in [0.15, 0.2) is 0 Å². The molecule has 0 radical (unpaired) electrons. The van der Waals surface area contributed by atoms with Crippen molar-refractivity contribution >= 4 is 28.5 Å². The Labute approximate surface area is 167 Å². The van der Waals surface area contributed by atoms with Crippen molar-refractivity contribution in [2.45, 2.75) is 25.5 Å². The van der Waals surface area contributed by atoms with Crippen molar-refractivity contribution < 1.29 is 19.4 Å². The molecule has 1 saturated heterocycles. The number of aryl methyl sites for hydroxylation is 2. The first-order valence-electron chi connectivity index (χ1n) is 9.46. The number of hydrogen-bond acceptors (Lipinski definition) is 5. The van der Waals surface area contributed by atoms with E-state index in [0.29, 0.717) is 12.0 Å². The lowest BCUT2D eigenvalue weighted by molar-refractivity contribution is -0.162. The molecule has 0 unspecified atom stereocenters. The summed E-state index contributed by atoms with van der Waals surface area (Å²) in [5.41, 5.74) is 3.00. The Morgan fingerprint density at radius 1 is 1.31 bits per heavy atom. The van der Waals surface area contributed by atoms with Crippen molar-refractivity contribution in [3.05, 3.63) is 52.6 Å². The highest BCUT2D eigenvalue weighted by atomic mass is 16.5. The number of fused-ring (bicyclic) bond motifs is 2. The fourth-order valence-corrected chi connectivity index (χ4v) is 4.41. The second-order valence-corrected chi connectivity index (χ2v) is 7.56. The summed E-state index contributed by atoms with van der Waals surface area (Å²) in [6, 6.07) is 5.24. The summed E-state index contributed by atoms with van der Waals surface area (Å²) >= 11 is 0. The number of carbonyl (C=O) groups excluding carboxylic acids is 2. The van der Waals surface area contributed by atoms with Crippen LogP contribution in [0.4, 0.5) is 0 Å². The molecule has 8 heteroatoms. The van der Waals surface area contributed by atoms with Crippen LogP contribution in [0.15, 0.2) is 41.3 Å². The molecule has 3 heterocycles. The summed E-state index contributed by atoms with van der Waals surface area (Å²) in [6.45, 7) is 5.17. The third kappa shape index (κ3) is 2.66. The summed E-state index contributed by atoms with van der Waals surface area (Å²) in [5.74, 6) is -1.42. The van der Waals surface area contributed by atoms with Gasteiger partial charge in [0.05, 0.1) is 29.1 Å². The predicted molar refractivity (Wildman–Crippen MR) is 107 cm³/mol. The zero-order valence-electron chi connectivity index (χ0n) is 16.6. The Balaban J connectivity index is 1.84. The van der Waals surface area contributed by atoms with E-state index >= 15 is 0 Å². The molecule has 0 saturated carbocycles. The number of ether oxygens (including phenoxy) is 1. The van der Waals surface area contributed by atoms with Crippen molar-refractivity contribution in [3.63, 3.8) is 0 Å². The molecule has 2 aromatic rings. The smallest absolute Gasteiger partial charge is 0.355 e. The Morgan fingerprint density at radius 3 is 2.66 bits per heavy atom.